The number of rotatable bonds is 4. The van der Waals surface area contributed by atoms with Crippen LogP contribution in [0.1, 0.15) is 18.4 Å². The maximum atomic E-state index is 13.1. The summed E-state index contributed by atoms with van der Waals surface area (Å²) in [5.41, 5.74) is 1.28. The highest BCUT2D eigenvalue weighted by Gasteiger charge is 2.41. The molecule has 0 radical (unpaired) electrons. The highest BCUT2D eigenvalue weighted by atomic mass is 32.2. The Balaban J connectivity index is 1.56. The van der Waals surface area contributed by atoms with Gasteiger partial charge in [0.25, 0.3) is 0 Å². The van der Waals surface area contributed by atoms with Crippen molar-refractivity contribution in [2.75, 3.05) is 19.6 Å². The molecule has 2 aromatic rings. The summed E-state index contributed by atoms with van der Waals surface area (Å²) in [5, 5.41) is 0. The van der Waals surface area contributed by atoms with E-state index in [1.165, 1.54) is 11.8 Å². The predicted molar refractivity (Wildman–Crippen MR) is 96.4 cm³/mol. The zero-order chi connectivity index (χ0) is 17.3. The third-order valence-electron chi connectivity index (χ3n) is 5.23. The number of hydrogen-bond donors (Lipinski definition) is 0. The van der Waals surface area contributed by atoms with E-state index in [0.717, 1.165) is 32.5 Å². The zero-order valence-corrected chi connectivity index (χ0v) is 15.0. The first kappa shape index (κ1) is 16.7. The molecule has 0 aliphatic carbocycles. The Bertz CT molecular complexity index is 811. The molecule has 3 aliphatic rings. The average Bonchev–Trinajstić information content (AvgIpc) is 2.94. The number of pyridine rings is 1. The van der Waals surface area contributed by atoms with E-state index in [-0.39, 0.29) is 6.04 Å². The minimum atomic E-state index is -3.47. The van der Waals surface area contributed by atoms with Crippen LogP contribution in [0.25, 0.3) is 0 Å². The first-order valence-corrected chi connectivity index (χ1v) is 10.2. The van der Waals surface area contributed by atoms with Gasteiger partial charge >= 0.3 is 0 Å². The minimum absolute atomic E-state index is 0.0488. The smallest absolute Gasteiger partial charge is 0.244 e. The molecule has 3 fully saturated rings. The Morgan fingerprint density at radius 2 is 1.84 bits per heavy atom. The molecule has 0 amide bonds. The molecule has 0 N–H and O–H groups in total. The third-order valence-corrected chi connectivity index (χ3v) is 7.13. The normalized spacial score (nSPS) is 25.0. The van der Waals surface area contributed by atoms with Gasteiger partial charge in [-0.3, -0.25) is 9.88 Å². The van der Waals surface area contributed by atoms with Crippen molar-refractivity contribution in [2.45, 2.75) is 30.3 Å². The lowest BCUT2D eigenvalue weighted by Gasteiger charge is -2.35. The lowest BCUT2D eigenvalue weighted by atomic mass is 9.97. The standard InChI is InChI=1S/C19H23N3O2S/c23-25(24,19-7-4-10-20-11-19)22-14-17-8-9-18(22)15-21(13-17)12-16-5-2-1-3-6-16/h1-7,10-11,17-18H,8-9,12-15H2/t17-,18+/m0/s1. The molecule has 6 heteroatoms. The first-order chi connectivity index (χ1) is 12.1. The van der Waals surface area contributed by atoms with E-state index in [0.29, 0.717) is 17.4 Å². The summed E-state index contributed by atoms with van der Waals surface area (Å²) in [6.07, 6.45) is 5.11. The van der Waals surface area contributed by atoms with Crippen LogP contribution in [0.3, 0.4) is 0 Å². The summed E-state index contributed by atoms with van der Waals surface area (Å²) in [7, 11) is -3.47. The molecule has 0 unspecified atom stereocenters. The maximum Gasteiger partial charge on any atom is 0.244 e. The van der Waals surface area contributed by atoms with Crippen LogP contribution in [0.2, 0.25) is 0 Å². The summed E-state index contributed by atoms with van der Waals surface area (Å²) in [6.45, 7) is 3.26. The Hall–Kier alpha value is -1.76. The van der Waals surface area contributed by atoms with Crippen LogP contribution in [-0.2, 0) is 16.6 Å². The molecule has 0 spiro atoms. The predicted octanol–water partition coefficient (Wildman–Crippen LogP) is 2.37. The molecular weight excluding hydrogens is 334 g/mol. The average molecular weight is 357 g/mol. The lowest BCUT2D eigenvalue weighted by Crippen LogP contribution is -2.47. The first-order valence-electron chi connectivity index (χ1n) is 8.81. The molecule has 132 valence electrons. The van der Waals surface area contributed by atoms with Crippen LogP contribution in [0.5, 0.6) is 0 Å². The van der Waals surface area contributed by atoms with Gasteiger partial charge < -0.3 is 0 Å². The molecule has 3 aliphatic heterocycles. The van der Waals surface area contributed by atoms with E-state index in [1.54, 1.807) is 22.6 Å². The number of piperidine rings is 1. The zero-order valence-electron chi connectivity index (χ0n) is 14.2. The molecule has 2 atom stereocenters. The Labute approximate surface area is 149 Å². The third kappa shape index (κ3) is 3.47. The minimum Gasteiger partial charge on any atom is -0.297 e. The summed E-state index contributed by atoms with van der Waals surface area (Å²) in [4.78, 5) is 6.70. The highest BCUT2D eigenvalue weighted by molar-refractivity contribution is 7.89. The van der Waals surface area contributed by atoms with Gasteiger partial charge in [-0.05, 0) is 36.5 Å². The highest BCUT2D eigenvalue weighted by Crippen LogP contribution is 2.32. The lowest BCUT2D eigenvalue weighted by molar-refractivity contribution is 0.226. The quantitative estimate of drug-likeness (QED) is 0.843. The van der Waals surface area contributed by atoms with Crippen molar-refractivity contribution in [3.63, 3.8) is 0 Å². The number of benzene rings is 1. The molecular formula is C19H23N3O2S. The van der Waals surface area contributed by atoms with Gasteiger partial charge in [-0.1, -0.05) is 30.3 Å². The maximum absolute atomic E-state index is 13.1. The van der Waals surface area contributed by atoms with Crippen molar-refractivity contribution >= 4 is 10.0 Å². The fourth-order valence-corrected chi connectivity index (χ4v) is 5.72. The van der Waals surface area contributed by atoms with E-state index in [2.05, 4.69) is 34.1 Å². The fraction of sp³-hybridized carbons (Fsp3) is 0.421. The summed E-state index contributed by atoms with van der Waals surface area (Å²) >= 11 is 0. The Morgan fingerprint density at radius 3 is 2.60 bits per heavy atom. The number of sulfonamides is 1. The molecule has 0 saturated carbocycles. The van der Waals surface area contributed by atoms with E-state index >= 15 is 0 Å². The van der Waals surface area contributed by atoms with Gasteiger partial charge in [0.2, 0.25) is 10.0 Å². The van der Waals surface area contributed by atoms with Crippen LogP contribution < -0.4 is 0 Å². The SMILES string of the molecule is O=S(=O)(c1cccnc1)N1C[C@H]2CC[C@@H]1CN(Cc1ccccc1)C2. The summed E-state index contributed by atoms with van der Waals surface area (Å²) in [5.74, 6) is 0.397. The van der Waals surface area contributed by atoms with Gasteiger partial charge in [0, 0.05) is 44.6 Å². The molecule has 5 nitrogen and oxygen atoms in total. The largest absolute Gasteiger partial charge is 0.297 e. The van der Waals surface area contributed by atoms with Crippen LogP contribution in [0.4, 0.5) is 0 Å². The van der Waals surface area contributed by atoms with Crippen LogP contribution in [0.15, 0.2) is 59.8 Å². The van der Waals surface area contributed by atoms with E-state index in [1.807, 2.05) is 6.07 Å². The molecule has 25 heavy (non-hydrogen) atoms. The van der Waals surface area contributed by atoms with Crippen molar-refractivity contribution in [3.8, 4) is 0 Å². The monoisotopic (exact) mass is 357 g/mol. The molecule has 3 saturated heterocycles. The fourth-order valence-electron chi connectivity index (χ4n) is 4.04. The van der Waals surface area contributed by atoms with Gasteiger partial charge in [-0.15, -0.1) is 0 Å². The van der Waals surface area contributed by atoms with E-state index < -0.39 is 10.0 Å². The summed E-state index contributed by atoms with van der Waals surface area (Å²) in [6, 6.07) is 13.8. The number of hydrogen-bond acceptors (Lipinski definition) is 4. The van der Waals surface area contributed by atoms with Gasteiger partial charge in [0.05, 0.1) is 0 Å². The summed E-state index contributed by atoms with van der Waals surface area (Å²) < 4.78 is 27.8. The molecule has 4 heterocycles. The molecule has 1 aromatic heterocycles. The van der Waals surface area contributed by atoms with Crippen molar-refractivity contribution in [2.24, 2.45) is 5.92 Å². The van der Waals surface area contributed by atoms with Crippen LogP contribution in [-0.4, -0.2) is 48.3 Å². The van der Waals surface area contributed by atoms with Gasteiger partial charge in [0.15, 0.2) is 0 Å². The topological polar surface area (TPSA) is 53.5 Å². The van der Waals surface area contributed by atoms with Crippen molar-refractivity contribution < 1.29 is 8.42 Å². The number of nitrogens with zero attached hydrogens (tertiary/aromatic N) is 3. The van der Waals surface area contributed by atoms with Gasteiger partial charge in [0.1, 0.15) is 4.90 Å². The van der Waals surface area contributed by atoms with Crippen LogP contribution >= 0.6 is 0 Å². The number of aromatic nitrogens is 1. The molecule has 2 bridgehead atoms. The van der Waals surface area contributed by atoms with Gasteiger partial charge in [-0.2, -0.15) is 4.31 Å². The second kappa shape index (κ2) is 6.86. The Morgan fingerprint density at radius 1 is 1.00 bits per heavy atom. The molecule has 5 rings (SSSR count). The van der Waals surface area contributed by atoms with E-state index in [9.17, 15) is 8.42 Å². The Kier molecular flexibility index (Phi) is 4.58. The van der Waals surface area contributed by atoms with E-state index in [4.69, 9.17) is 0 Å². The van der Waals surface area contributed by atoms with Crippen molar-refractivity contribution in [1.29, 1.82) is 0 Å². The van der Waals surface area contributed by atoms with Gasteiger partial charge in [-0.25, -0.2) is 8.42 Å². The second-order valence-corrected chi connectivity index (χ2v) is 8.93. The van der Waals surface area contributed by atoms with Crippen LogP contribution in [0, 0.1) is 5.92 Å². The van der Waals surface area contributed by atoms with Crippen molar-refractivity contribution in [3.05, 3.63) is 60.4 Å². The molecule has 1 aromatic carbocycles. The number of fused-ring (bicyclic) bond motifs is 4. The second-order valence-electron chi connectivity index (χ2n) is 7.04. The van der Waals surface area contributed by atoms with Crippen molar-refractivity contribution in [1.82, 2.24) is 14.2 Å².